The third kappa shape index (κ3) is 4.37. The number of aryl methyl sites for hydroxylation is 1. The average molecular weight is 475 g/mol. The van der Waals surface area contributed by atoms with Gasteiger partial charge in [-0.3, -0.25) is 9.59 Å². The molecule has 0 spiro atoms. The van der Waals surface area contributed by atoms with Gasteiger partial charge in [-0.1, -0.05) is 31.2 Å². The molecule has 3 aliphatic rings. The van der Waals surface area contributed by atoms with Crippen LogP contribution in [0, 0.1) is 17.3 Å². The van der Waals surface area contributed by atoms with Crippen molar-refractivity contribution < 1.29 is 23.8 Å². The maximum atomic E-state index is 12.2. The second kappa shape index (κ2) is 9.18. The summed E-state index contributed by atoms with van der Waals surface area (Å²) in [5.41, 5.74) is 4.95. The Morgan fingerprint density at radius 2 is 1.74 bits per heavy atom. The van der Waals surface area contributed by atoms with Crippen LogP contribution in [-0.4, -0.2) is 25.2 Å². The number of benzene rings is 2. The maximum absolute atomic E-state index is 12.2. The number of rotatable bonds is 4. The quantitative estimate of drug-likeness (QED) is 0.396. The molecule has 2 aromatic carbocycles. The van der Waals surface area contributed by atoms with Crippen LogP contribution in [0.3, 0.4) is 0 Å². The number of hydrogen-bond donors (Lipinski definition) is 0. The Bertz CT molecular complexity index is 1160. The second-order valence-corrected chi connectivity index (χ2v) is 10.6. The van der Waals surface area contributed by atoms with E-state index in [1.165, 1.54) is 30.5 Å². The van der Waals surface area contributed by atoms with Crippen molar-refractivity contribution in [1.82, 2.24) is 0 Å². The molecule has 5 atom stereocenters. The predicted molar refractivity (Wildman–Crippen MR) is 134 cm³/mol. The molecule has 184 valence electrons. The molecule has 5 nitrogen and oxygen atoms in total. The largest absolute Gasteiger partial charge is 0.497 e. The number of methoxy groups -OCH3 is 1. The molecule has 0 radical (unpaired) electrons. The van der Waals surface area contributed by atoms with Crippen molar-refractivity contribution in [3.05, 3.63) is 64.7 Å². The minimum atomic E-state index is -0.286. The zero-order chi connectivity index (χ0) is 24.7. The molecule has 0 aliphatic heterocycles. The minimum Gasteiger partial charge on any atom is -0.497 e. The smallest absolute Gasteiger partial charge is 0.308 e. The number of carbonyl (C=O) groups excluding carboxylic acids is 2. The fourth-order valence-electron chi connectivity index (χ4n) is 7.06. The van der Waals surface area contributed by atoms with E-state index in [4.69, 9.17) is 14.2 Å². The molecule has 2 aromatic rings. The molecule has 35 heavy (non-hydrogen) atoms. The van der Waals surface area contributed by atoms with Crippen LogP contribution in [-0.2, 0) is 20.7 Å². The lowest BCUT2D eigenvalue weighted by Gasteiger charge is -2.50. The Morgan fingerprint density at radius 3 is 2.43 bits per heavy atom. The SMILES string of the molecule is COc1ccc(C=C2CC3C4CCc5cc(OC(C)=O)ccc5C4CCC3(C)C2OC(C)=O)cc1. The number of hydrogen-bond acceptors (Lipinski definition) is 5. The number of fused-ring (bicyclic) bond motifs is 5. The van der Waals surface area contributed by atoms with E-state index < -0.39 is 0 Å². The van der Waals surface area contributed by atoms with Crippen molar-refractivity contribution in [3.63, 3.8) is 0 Å². The molecule has 0 saturated heterocycles. The van der Waals surface area contributed by atoms with Gasteiger partial charge >= 0.3 is 11.9 Å². The summed E-state index contributed by atoms with van der Waals surface area (Å²) >= 11 is 0. The van der Waals surface area contributed by atoms with Crippen LogP contribution in [0.25, 0.3) is 6.08 Å². The van der Waals surface area contributed by atoms with E-state index in [1.54, 1.807) is 7.11 Å². The van der Waals surface area contributed by atoms with Crippen LogP contribution in [0.1, 0.15) is 69.1 Å². The Hall–Kier alpha value is -3.08. The van der Waals surface area contributed by atoms with Gasteiger partial charge in [-0.05, 0) is 96.4 Å². The van der Waals surface area contributed by atoms with Crippen LogP contribution in [0.4, 0.5) is 0 Å². The van der Waals surface area contributed by atoms with E-state index in [9.17, 15) is 9.59 Å². The van der Waals surface area contributed by atoms with Gasteiger partial charge in [-0.2, -0.15) is 0 Å². The topological polar surface area (TPSA) is 61.8 Å². The summed E-state index contributed by atoms with van der Waals surface area (Å²) in [6.07, 6.45) is 7.14. The molecule has 0 aromatic heterocycles. The Kier molecular flexibility index (Phi) is 6.20. The first-order chi connectivity index (χ1) is 16.8. The lowest BCUT2D eigenvalue weighted by Crippen LogP contribution is -2.45. The van der Waals surface area contributed by atoms with Crippen LogP contribution in [0.2, 0.25) is 0 Å². The highest BCUT2D eigenvalue weighted by atomic mass is 16.5. The lowest BCUT2D eigenvalue weighted by atomic mass is 9.55. The fourth-order valence-corrected chi connectivity index (χ4v) is 7.06. The molecule has 5 rings (SSSR count). The average Bonchev–Trinajstić information content (AvgIpc) is 3.10. The number of ether oxygens (including phenoxy) is 3. The molecule has 0 bridgehead atoms. The Labute approximate surface area is 207 Å². The Balaban J connectivity index is 1.46. The van der Waals surface area contributed by atoms with Crippen molar-refractivity contribution in [2.75, 3.05) is 7.11 Å². The van der Waals surface area contributed by atoms with E-state index >= 15 is 0 Å². The zero-order valence-electron chi connectivity index (χ0n) is 21.0. The number of carbonyl (C=O) groups is 2. The van der Waals surface area contributed by atoms with Gasteiger partial charge in [0, 0.05) is 19.3 Å². The van der Waals surface area contributed by atoms with E-state index in [2.05, 4.69) is 31.2 Å². The predicted octanol–water partition coefficient (Wildman–Crippen LogP) is 6.10. The van der Waals surface area contributed by atoms with Crippen molar-refractivity contribution >= 4 is 18.0 Å². The molecule has 2 saturated carbocycles. The zero-order valence-corrected chi connectivity index (χ0v) is 21.0. The Morgan fingerprint density at radius 1 is 1.00 bits per heavy atom. The van der Waals surface area contributed by atoms with E-state index in [0.717, 1.165) is 43.4 Å². The first-order valence-corrected chi connectivity index (χ1v) is 12.6. The van der Waals surface area contributed by atoms with Crippen LogP contribution >= 0.6 is 0 Å². The standard InChI is InChI=1S/C30H34O5/c1-18(31)34-24-10-12-25-21(16-24)7-11-27-26(25)13-14-30(3)28(27)17-22(29(30)35-19(2)32)15-20-5-8-23(33-4)9-6-20/h5-6,8-10,12,15-16,26-29H,7,11,13-14,17H2,1-4H3. The lowest BCUT2D eigenvalue weighted by molar-refractivity contribution is -0.152. The van der Waals surface area contributed by atoms with Crippen molar-refractivity contribution in [2.45, 2.75) is 64.9 Å². The molecule has 2 fully saturated rings. The summed E-state index contributed by atoms with van der Waals surface area (Å²) in [5.74, 6) is 2.45. The summed E-state index contributed by atoms with van der Waals surface area (Å²) in [7, 11) is 1.67. The van der Waals surface area contributed by atoms with Crippen molar-refractivity contribution in [3.8, 4) is 11.5 Å². The van der Waals surface area contributed by atoms with Gasteiger partial charge < -0.3 is 14.2 Å². The summed E-state index contributed by atoms with van der Waals surface area (Å²) in [5, 5.41) is 0. The highest BCUT2D eigenvalue weighted by Crippen LogP contribution is 2.63. The summed E-state index contributed by atoms with van der Waals surface area (Å²) < 4.78 is 16.7. The molecule has 5 unspecified atom stereocenters. The van der Waals surface area contributed by atoms with Crippen molar-refractivity contribution in [2.24, 2.45) is 17.3 Å². The summed E-state index contributed by atoms with van der Waals surface area (Å²) in [4.78, 5) is 23.6. The molecular weight excluding hydrogens is 440 g/mol. The van der Waals surface area contributed by atoms with Gasteiger partial charge in [-0.15, -0.1) is 0 Å². The normalized spacial score (nSPS) is 30.1. The second-order valence-electron chi connectivity index (χ2n) is 10.6. The molecule has 0 N–H and O–H groups in total. The van der Waals surface area contributed by atoms with E-state index in [0.29, 0.717) is 23.5 Å². The molecule has 3 aliphatic carbocycles. The first-order valence-electron chi connectivity index (χ1n) is 12.6. The van der Waals surface area contributed by atoms with Crippen LogP contribution in [0.15, 0.2) is 48.0 Å². The van der Waals surface area contributed by atoms with E-state index in [-0.39, 0.29) is 23.5 Å². The first kappa shape index (κ1) is 23.7. The molecule has 5 heteroatoms. The summed E-state index contributed by atoms with van der Waals surface area (Å²) in [6, 6.07) is 14.2. The van der Waals surface area contributed by atoms with Gasteiger partial charge in [0.1, 0.15) is 17.6 Å². The summed E-state index contributed by atoms with van der Waals surface area (Å²) in [6.45, 7) is 5.29. The van der Waals surface area contributed by atoms with Gasteiger partial charge in [0.2, 0.25) is 0 Å². The fraction of sp³-hybridized carbons (Fsp3) is 0.467. The molecular formula is C30H34O5. The van der Waals surface area contributed by atoms with Gasteiger partial charge in [0.15, 0.2) is 0 Å². The van der Waals surface area contributed by atoms with Crippen LogP contribution in [0.5, 0.6) is 11.5 Å². The van der Waals surface area contributed by atoms with Crippen LogP contribution < -0.4 is 9.47 Å². The van der Waals surface area contributed by atoms with Gasteiger partial charge in [-0.25, -0.2) is 0 Å². The van der Waals surface area contributed by atoms with Gasteiger partial charge in [0.25, 0.3) is 0 Å². The number of esters is 2. The maximum Gasteiger partial charge on any atom is 0.308 e. The third-order valence-electron chi connectivity index (χ3n) is 8.54. The van der Waals surface area contributed by atoms with Gasteiger partial charge in [0.05, 0.1) is 7.11 Å². The molecule has 0 amide bonds. The minimum absolute atomic E-state index is 0.0691. The molecule has 0 heterocycles. The monoisotopic (exact) mass is 474 g/mol. The van der Waals surface area contributed by atoms with Crippen molar-refractivity contribution in [1.29, 1.82) is 0 Å². The highest BCUT2D eigenvalue weighted by molar-refractivity contribution is 5.69. The highest BCUT2D eigenvalue weighted by Gasteiger charge is 2.58. The van der Waals surface area contributed by atoms with E-state index in [1.807, 2.05) is 24.3 Å². The third-order valence-corrected chi connectivity index (χ3v) is 8.54.